The lowest BCUT2D eigenvalue weighted by Crippen LogP contribution is -2.41. The van der Waals surface area contributed by atoms with Gasteiger partial charge in [-0.2, -0.15) is 0 Å². The second kappa shape index (κ2) is 4.85. The van der Waals surface area contributed by atoms with E-state index in [0.29, 0.717) is 11.9 Å². The highest BCUT2D eigenvalue weighted by molar-refractivity contribution is 6.54. The molecule has 3 heterocycles. The molecular formula is C14H22BN3O3. The number of aryl methyl sites for hydroxylation is 1. The van der Waals surface area contributed by atoms with Crippen molar-refractivity contribution in [2.24, 2.45) is 0 Å². The Morgan fingerprint density at radius 2 is 1.81 bits per heavy atom. The predicted octanol–water partition coefficient (Wildman–Crippen LogP) is 2.15. The summed E-state index contributed by atoms with van der Waals surface area (Å²) in [6, 6.07) is 0.580. The molecule has 0 aliphatic carbocycles. The fraction of sp³-hybridized carbons (Fsp3) is 0.714. The summed E-state index contributed by atoms with van der Waals surface area (Å²) in [6.45, 7) is 11.7. The summed E-state index contributed by atoms with van der Waals surface area (Å²) in [5, 5.41) is 7.92. The van der Waals surface area contributed by atoms with Crippen LogP contribution in [0.15, 0.2) is 16.0 Å². The zero-order valence-corrected chi connectivity index (χ0v) is 13.3. The lowest BCUT2D eigenvalue weighted by Gasteiger charge is -2.32. The third-order valence-corrected chi connectivity index (χ3v) is 4.59. The minimum absolute atomic E-state index is 0.249. The molecule has 0 aromatic carbocycles. The van der Waals surface area contributed by atoms with E-state index in [1.54, 1.807) is 6.92 Å². The average molecular weight is 291 g/mol. The number of aromatic nitrogens is 2. The van der Waals surface area contributed by atoms with Gasteiger partial charge in [0.1, 0.15) is 0 Å². The first-order valence-corrected chi connectivity index (χ1v) is 7.38. The van der Waals surface area contributed by atoms with Gasteiger partial charge in [-0.3, -0.25) is 0 Å². The molecule has 7 heteroatoms. The van der Waals surface area contributed by atoms with Crippen LogP contribution in [0.4, 0.5) is 6.01 Å². The lowest BCUT2D eigenvalue weighted by molar-refractivity contribution is 0.00578. The Labute approximate surface area is 125 Å². The minimum Gasteiger partial charge on any atom is -0.408 e. The fourth-order valence-corrected chi connectivity index (χ4v) is 2.48. The Balaban J connectivity index is 1.69. The highest BCUT2D eigenvalue weighted by atomic mass is 16.7. The van der Waals surface area contributed by atoms with E-state index in [1.807, 2.05) is 0 Å². The first-order valence-electron chi connectivity index (χ1n) is 7.38. The third-order valence-electron chi connectivity index (χ3n) is 4.59. The van der Waals surface area contributed by atoms with Crippen molar-refractivity contribution >= 4 is 13.1 Å². The quantitative estimate of drug-likeness (QED) is 0.778. The number of anilines is 1. The van der Waals surface area contributed by atoms with Crippen molar-refractivity contribution in [2.45, 2.75) is 52.2 Å². The van der Waals surface area contributed by atoms with Gasteiger partial charge in [0.15, 0.2) is 0 Å². The molecule has 2 aliphatic heterocycles. The normalized spacial score (nSPS) is 24.3. The predicted molar refractivity (Wildman–Crippen MR) is 80.0 cm³/mol. The number of nitrogens with zero attached hydrogens (tertiary/aromatic N) is 3. The Morgan fingerprint density at radius 3 is 2.29 bits per heavy atom. The standard InChI is InChI=1S/C14H22BN3O3/c1-10-16-17-12(19-10)18-8-6-11(7-9-18)15-20-13(2,3)14(4,5)21-15/h6H,7-9H2,1-5H3. The molecule has 1 fully saturated rings. The van der Waals surface area contributed by atoms with Gasteiger partial charge in [0, 0.05) is 20.0 Å². The van der Waals surface area contributed by atoms with E-state index in [0.717, 1.165) is 19.5 Å². The number of rotatable bonds is 2. The van der Waals surface area contributed by atoms with Crippen molar-refractivity contribution in [2.75, 3.05) is 18.0 Å². The van der Waals surface area contributed by atoms with Crippen LogP contribution >= 0.6 is 0 Å². The van der Waals surface area contributed by atoms with Gasteiger partial charge in [-0.15, -0.1) is 5.10 Å². The largest absolute Gasteiger partial charge is 0.490 e. The smallest absolute Gasteiger partial charge is 0.408 e. The Hall–Kier alpha value is -1.34. The van der Waals surface area contributed by atoms with Crippen molar-refractivity contribution in [1.82, 2.24) is 10.2 Å². The van der Waals surface area contributed by atoms with E-state index < -0.39 is 0 Å². The van der Waals surface area contributed by atoms with Gasteiger partial charge in [0.25, 0.3) is 0 Å². The molecule has 0 radical (unpaired) electrons. The van der Waals surface area contributed by atoms with Crippen molar-refractivity contribution in [3.05, 3.63) is 17.4 Å². The van der Waals surface area contributed by atoms with Crippen molar-refractivity contribution in [1.29, 1.82) is 0 Å². The summed E-state index contributed by atoms with van der Waals surface area (Å²) in [7, 11) is -0.249. The molecular weight excluding hydrogens is 269 g/mol. The Bertz CT molecular complexity index is 552. The molecule has 3 rings (SSSR count). The number of hydrogen-bond acceptors (Lipinski definition) is 6. The van der Waals surface area contributed by atoms with E-state index in [1.165, 1.54) is 5.47 Å². The molecule has 0 atom stereocenters. The molecule has 0 saturated carbocycles. The summed E-state index contributed by atoms with van der Waals surface area (Å²) in [5.41, 5.74) is 0.611. The van der Waals surface area contributed by atoms with Gasteiger partial charge in [0.05, 0.1) is 11.2 Å². The summed E-state index contributed by atoms with van der Waals surface area (Å²) in [5.74, 6) is 0.589. The highest BCUT2D eigenvalue weighted by Gasteiger charge is 2.52. The average Bonchev–Trinajstić information content (AvgIpc) is 2.92. The van der Waals surface area contributed by atoms with Crippen LogP contribution in [0.25, 0.3) is 0 Å². The van der Waals surface area contributed by atoms with Crippen LogP contribution in [-0.4, -0.2) is 41.6 Å². The van der Waals surface area contributed by atoms with Gasteiger partial charge in [-0.25, -0.2) is 0 Å². The SMILES string of the molecule is Cc1nnc(N2CC=C(B3OC(C)(C)C(C)(C)O3)CC2)o1. The molecule has 114 valence electrons. The van der Waals surface area contributed by atoms with Crippen LogP contribution in [0.3, 0.4) is 0 Å². The first kappa shape index (κ1) is 14.6. The zero-order chi connectivity index (χ0) is 15.3. The van der Waals surface area contributed by atoms with Gasteiger partial charge in [-0.1, -0.05) is 11.2 Å². The van der Waals surface area contributed by atoms with Gasteiger partial charge in [0.2, 0.25) is 5.89 Å². The van der Waals surface area contributed by atoms with E-state index in [2.05, 4.69) is 48.9 Å². The van der Waals surface area contributed by atoms with Crippen LogP contribution in [0.5, 0.6) is 0 Å². The van der Waals surface area contributed by atoms with E-state index in [-0.39, 0.29) is 18.3 Å². The summed E-state index contributed by atoms with van der Waals surface area (Å²) >= 11 is 0. The lowest BCUT2D eigenvalue weighted by atomic mass is 9.75. The van der Waals surface area contributed by atoms with Crippen molar-refractivity contribution < 1.29 is 13.7 Å². The molecule has 0 N–H and O–H groups in total. The zero-order valence-electron chi connectivity index (χ0n) is 13.3. The van der Waals surface area contributed by atoms with Crippen LogP contribution in [0.2, 0.25) is 0 Å². The highest BCUT2D eigenvalue weighted by Crippen LogP contribution is 2.39. The maximum Gasteiger partial charge on any atom is 0.490 e. The summed E-state index contributed by atoms with van der Waals surface area (Å²) in [6.07, 6.45) is 3.02. The minimum atomic E-state index is -0.292. The van der Waals surface area contributed by atoms with E-state index >= 15 is 0 Å². The van der Waals surface area contributed by atoms with Gasteiger partial charge < -0.3 is 18.6 Å². The van der Waals surface area contributed by atoms with E-state index in [4.69, 9.17) is 13.7 Å². The molecule has 0 bridgehead atoms. The Morgan fingerprint density at radius 1 is 1.14 bits per heavy atom. The van der Waals surface area contributed by atoms with Crippen LogP contribution in [-0.2, 0) is 9.31 Å². The maximum absolute atomic E-state index is 6.09. The maximum atomic E-state index is 6.09. The van der Waals surface area contributed by atoms with Crippen molar-refractivity contribution in [3.8, 4) is 0 Å². The number of hydrogen-bond donors (Lipinski definition) is 0. The first-order chi connectivity index (χ1) is 9.78. The van der Waals surface area contributed by atoms with E-state index in [9.17, 15) is 0 Å². The van der Waals surface area contributed by atoms with Crippen LogP contribution in [0, 0.1) is 6.92 Å². The molecule has 21 heavy (non-hydrogen) atoms. The van der Waals surface area contributed by atoms with Gasteiger partial charge in [-0.05, 0) is 39.6 Å². The molecule has 1 saturated heterocycles. The molecule has 0 amide bonds. The molecule has 0 spiro atoms. The van der Waals surface area contributed by atoms with Crippen LogP contribution < -0.4 is 4.90 Å². The molecule has 1 aromatic heterocycles. The monoisotopic (exact) mass is 291 g/mol. The van der Waals surface area contributed by atoms with Gasteiger partial charge >= 0.3 is 13.1 Å². The Kier molecular flexibility index (Phi) is 3.37. The topological polar surface area (TPSA) is 60.6 Å². The second-order valence-electron chi connectivity index (χ2n) is 6.67. The van der Waals surface area contributed by atoms with Crippen molar-refractivity contribution in [3.63, 3.8) is 0 Å². The molecule has 0 unspecified atom stereocenters. The summed E-state index contributed by atoms with van der Waals surface area (Å²) < 4.78 is 17.6. The summed E-state index contributed by atoms with van der Waals surface area (Å²) in [4.78, 5) is 2.06. The van der Waals surface area contributed by atoms with Crippen LogP contribution in [0.1, 0.15) is 40.0 Å². The fourth-order valence-electron chi connectivity index (χ4n) is 2.48. The molecule has 2 aliphatic rings. The molecule has 6 nitrogen and oxygen atoms in total. The third kappa shape index (κ3) is 2.60. The molecule has 1 aromatic rings. The second-order valence-corrected chi connectivity index (χ2v) is 6.67.